The molecule has 0 aromatic rings. The molecule has 3 fully saturated rings. The molecule has 1 N–H and O–H groups in total. The number of hydrogen-bond acceptors (Lipinski definition) is 2. The summed E-state index contributed by atoms with van der Waals surface area (Å²) in [6, 6.07) is 0. The van der Waals surface area contributed by atoms with E-state index in [2.05, 4.69) is 13.8 Å². The van der Waals surface area contributed by atoms with Crippen molar-refractivity contribution in [2.75, 3.05) is 0 Å². The molecule has 1 spiro atoms. The van der Waals surface area contributed by atoms with E-state index < -0.39 is 5.60 Å². The Kier molecular flexibility index (Phi) is 3.22. The smallest absolute Gasteiger partial charge is 0.0713 e. The first-order valence-corrected chi connectivity index (χ1v) is 7.91. The predicted molar refractivity (Wildman–Crippen MR) is 72.4 cm³/mol. The van der Waals surface area contributed by atoms with E-state index in [1.165, 1.54) is 38.5 Å². The summed E-state index contributed by atoms with van der Waals surface area (Å²) in [5, 5.41) is 10.9. The summed E-state index contributed by atoms with van der Waals surface area (Å²) < 4.78 is 6.56. The monoisotopic (exact) mass is 252 g/mol. The molecule has 0 amide bonds. The van der Waals surface area contributed by atoms with E-state index in [0.29, 0.717) is 12.0 Å². The van der Waals surface area contributed by atoms with E-state index in [-0.39, 0.29) is 5.60 Å². The van der Waals surface area contributed by atoms with Crippen LogP contribution in [0.15, 0.2) is 0 Å². The number of hydrogen-bond donors (Lipinski definition) is 1. The quantitative estimate of drug-likeness (QED) is 0.713. The van der Waals surface area contributed by atoms with E-state index in [1.807, 2.05) is 0 Å². The van der Waals surface area contributed by atoms with E-state index in [9.17, 15) is 5.11 Å². The highest BCUT2D eigenvalue weighted by Crippen LogP contribution is 2.51. The van der Waals surface area contributed by atoms with Gasteiger partial charge >= 0.3 is 0 Å². The SMILES string of the molecule is C[C@@H]1CC[C@@H]2[C@H](C1)OC1(CCCCC1)C[C@@]2(C)O. The third kappa shape index (κ3) is 2.22. The third-order valence-electron chi connectivity index (χ3n) is 5.70. The van der Waals surface area contributed by atoms with E-state index in [0.717, 1.165) is 25.2 Å². The summed E-state index contributed by atoms with van der Waals surface area (Å²) in [6.45, 7) is 4.40. The van der Waals surface area contributed by atoms with Gasteiger partial charge in [-0.3, -0.25) is 0 Å². The molecule has 2 nitrogen and oxygen atoms in total. The molecule has 2 saturated carbocycles. The highest BCUT2D eigenvalue weighted by molar-refractivity contribution is 5.03. The summed E-state index contributed by atoms with van der Waals surface area (Å²) in [4.78, 5) is 0. The van der Waals surface area contributed by atoms with Crippen LogP contribution in [0.2, 0.25) is 0 Å². The lowest BCUT2D eigenvalue weighted by Crippen LogP contribution is -2.59. The van der Waals surface area contributed by atoms with Gasteiger partial charge in [-0.2, -0.15) is 0 Å². The summed E-state index contributed by atoms with van der Waals surface area (Å²) in [7, 11) is 0. The minimum Gasteiger partial charge on any atom is -0.390 e. The second kappa shape index (κ2) is 4.49. The molecule has 18 heavy (non-hydrogen) atoms. The van der Waals surface area contributed by atoms with Gasteiger partial charge in [0.15, 0.2) is 0 Å². The lowest BCUT2D eigenvalue weighted by atomic mass is 9.64. The van der Waals surface area contributed by atoms with Crippen LogP contribution in [0.3, 0.4) is 0 Å². The van der Waals surface area contributed by atoms with Gasteiger partial charge in [0.2, 0.25) is 0 Å². The Labute approximate surface area is 111 Å². The zero-order valence-corrected chi connectivity index (χ0v) is 12.0. The molecule has 0 aromatic heterocycles. The lowest BCUT2D eigenvalue weighted by Gasteiger charge is -2.55. The molecular formula is C16H28O2. The van der Waals surface area contributed by atoms with Gasteiger partial charge in [-0.15, -0.1) is 0 Å². The van der Waals surface area contributed by atoms with Crippen molar-refractivity contribution in [3.05, 3.63) is 0 Å². The van der Waals surface area contributed by atoms with Crippen molar-refractivity contribution in [2.24, 2.45) is 11.8 Å². The Morgan fingerprint density at radius 1 is 1.11 bits per heavy atom. The number of fused-ring (bicyclic) bond motifs is 1. The van der Waals surface area contributed by atoms with Crippen molar-refractivity contribution in [1.82, 2.24) is 0 Å². The normalized spacial score (nSPS) is 47.8. The van der Waals surface area contributed by atoms with Crippen LogP contribution in [0.1, 0.15) is 71.6 Å². The van der Waals surface area contributed by atoms with Gasteiger partial charge in [-0.05, 0) is 38.5 Å². The molecule has 3 rings (SSSR count). The molecule has 1 saturated heterocycles. The zero-order valence-electron chi connectivity index (χ0n) is 12.0. The average molecular weight is 252 g/mol. The average Bonchev–Trinajstić information content (AvgIpc) is 2.27. The molecule has 104 valence electrons. The fourth-order valence-corrected chi connectivity index (χ4v) is 4.81. The van der Waals surface area contributed by atoms with Crippen molar-refractivity contribution < 1.29 is 9.84 Å². The van der Waals surface area contributed by atoms with Gasteiger partial charge < -0.3 is 9.84 Å². The Morgan fingerprint density at radius 3 is 2.56 bits per heavy atom. The summed E-state index contributed by atoms with van der Waals surface area (Å²) in [5.41, 5.74) is -0.486. The van der Waals surface area contributed by atoms with Crippen LogP contribution in [0, 0.1) is 11.8 Å². The van der Waals surface area contributed by atoms with Gasteiger partial charge in [0.1, 0.15) is 0 Å². The van der Waals surface area contributed by atoms with Crippen LogP contribution in [0.5, 0.6) is 0 Å². The highest BCUT2D eigenvalue weighted by Gasteiger charge is 2.53. The van der Waals surface area contributed by atoms with Crippen molar-refractivity contribution >= 4 is 0 Å². The standard InChI is InChI=1S/C16H28O2/c1-12-6-7-13-14(10-12)18-16(11-15(13,2)17)8-4-3-5-9-16/h12-14,17H,3-11H2,1-2H3/t12-,13-,14+,15-/m1/s1. The van der Waals surface area contributed by atoms with Crippen LogP contribution in [0.25, 0.3) is 0 Å². The van der Waals surface area contributed by atoms with Gasteiger partial charge in [0.25, 0.3) is 0 Å². The molecule has 0 unspecified atom stereocenters. The second-order valence-electron chi connectivity index (χ2n) is 7.46. The van der Waals surface area contributed by atoms with Gasteiger partial charge in [0, 0.05) is 12.3 Å². The van der Waals surface area contributed by atoms with Gasteiger partial charge in [-0.25, -0.2) is 0 Å². The van der Waals surface area contributed by atoms with Crippen LogP contribution < -0.4 is 0 Å². The van der Waals surface area contributed by atoms with Crippen LogP contribution >= 0.6 is 0 Å². The topological polar surface area (TPSA) is 29.5 Å². The first-order valence-electron chi connectivity index (χ1n) is 7.91. The number of aliphatic hydroxyl groups is 1. The first-order chi connectivity index (χ1) is 8.51. The molecule has 0 radical (unpaired) electrons. The molecule has 1 aliphatic heterocycles. The third-order valence-corrected chi connectivity index (χ3v) is 5.70. The summed E-state index contributed by atoms with van der Waals surface area (Å²) in [6.07, 6.45) is 11.0. The number of ether oxygens (including phenoxy) is 1. The van der Waals surface area contributed by atoms with Crippen molar-refractivity contribution in [3.8, 4) is 0 Å². The fraction of sp³-hybridized carbons (Fsp3) is 1.00. The molecule has 2 aliphatic carbocycles. The Hall–Kier alpha value is -0.0800. The van der Waals surface area contributed by atoms with E-state index in [4.69, 9.17) is 4.74 Å². The molecule has 0 bridgehead atoms. The molecule has 0 aromatic carbocycles. The van der Waals surface area contributed by atoms with Gasteiger partial charge in [0.05, 0.1) is 17.3 Å². The summed E-state index contributed by atoms with van der Waals surface area (Å²) >= 11 is 0. The lowest BCUT2D eigenvalue weighted by molar-refractivity contribution is -0.248. The first kappa shape index (κ1) is 12.9. The van der Waals surface area contributed by atoms with Crippen molar-refractivity contribution in [3.63, 3.8) is 0 Å². The van der Waals surface area contributed by atoms with Crippen molar-refractivity contribution in [1.29, 1.82) is 0 Å². The predicted octanol–water partition coefficient (Wildman–Crippen LogP) is 3.67. The molecular weight excluding hydrogens is 224 g/mol. The second-order valence-corrected chi connectivity index (χ2v) is 7.46. The number of rotatable bonds is 0. The van der Waals surface area contributed by atoms with E-state index in [1.54, 1.807) is 0 Å². The maximum atomic E-state index is 10.9. The summed E-state index contributed by atoms with van der Waals surface area (Å²) in [5.74, 6) is 1.14. The van der Waals surface area contributed by atoms with Gasteiger partial charge in [-0.1, -0.05) is 32.6 Å². The highest BCUT2D eigenvalue weighted by atomic mass is 16.5. The molecule has 1 heterocycles. The largest absolute Gasteiger partial charge is 0.390 e. The Balaban J connectivity index is 1.81. The van der Waals surface area contributed by atoms with Crippen molar-refractivity contribution in [2.45, 2.75) is 88.9 Å². The molecule has 3 aliphatic rings. The zero-order chi connectivity index (χ0) is 12.8. The minimum atomic E-state index is -0.500. The molecule has 4 atom stereocenters. The maximum absolute atomic E-state index is 10.9. The Morgan fingerprint density at radius 2 is 1.83 bits per heavy atom. The fourth-order valence-electron chi connectivity index (χ4n) is 4.81. The van der Waals surface area contributed by atoms with Crippen LogP contribution in [0.4, 0.5) is 0 Å². The van der Waals surface area contributed by atoms with Crippen LogP contribution in [-0.2, 0) is 4.74 Å². The van der Waals surface area contributed by atoms with E-state index >= 15 is 0 Å². The molecule has 2 heteroatoms. The maximum Gasteiger partial charge on any atom is 0.0713 e. The Bertz CT molecular complexity index is 304. The van der Waals surface area contributed by atoms with Crippen LogP contribution in [-0.4, -0.2) is 22.4 Å². The minimum absolute atomic E-state index is 0.0139.